The third-order valence-corrected chi connectivity index (χ3v) is 4.00. The third-order valence-electron chi connectivity index (χ3n) is 4.00. The van der Waals surface area contributed by atoms with Gasteiger partial charge in [0, 0.05) is 5.56 Å². The van der Waals surface area contributed by atoms with Crippen molar-refractivity contribution < 1.29 is 29.7 Å². The van der Waals surface area contributed by atoms with Crippen molar-refractivity contribution in [3.8, 4) is 23.3 Å². The van der Waals surface area contributed by atoms with Crippen LogP contribution in [-0.2, 0) is 4.84 Å². The number of hydroxylamine groups is 1. The average molecular weight is 431 g/mol. The van der Waals surface area contributed by atoms with Crippen molar-refractivity contribution in [2.75, 3.05) is 18.9 Å². The number of hydrogen-bond donors (Lipinski definition) is 5. The first-order valence-corrected chi connectivity index (χ1v) is 9.34. The van der Waals surface area contributed by atoms with Crippen molar-refractivity contribution in [3.63, 3.8) is 0 Å². The molecule has 1 aromatic heterocycles. The van der Waals surface area contributed by atoms with Gasteiger partial charge in [-0.15, -0.1) is 0 Å². The molecule has 1 heterocycles. The summed E-state index contributed by atoms with van der Waals surface area (Å²) in [5.41, 5.74) is 7.51. The predicted molar refractivity (Wildman–Crippen MR) is 109 cm³/mol. The van der Waals surface area contributed by atoms with Crippen LogP contribution in [0.15, 0.2) is 24.3 Å². The first-order valence-electron chi connectivity index (χ1n) is 9.34. The van der Waals surface area contributed by atoms with E-state index in [1.165, 1.54) is 26.8 Å². The monoisotopic (exact) mass is 431 g/mol. The Bertz CT molecular complexity index is 970. The van der Waals surface area contributed by atoms with Gasteiger partial charge in [0.25, 0.3) is 5.91 Å². The number of carbonyl (C=O) groups is 1. The minimum atomic E-state index is -1.25. The van der Waals surface area contributed by atoms with Gasteiger partial charge in [0.1, 0.15) is 30.2 Å². The second-order valence-corrected chi connectivity index (χ2v) is 7.41. The molecule has 1 amide bonds. The fourth-order valence-corrected chi connectivity index (χ4v) is 2.34. The van der Waals surface area contributed by atoms with Crippen LogP contribution in [0.1, 0.15) is 36.7 Å². The number of amides is 1. The highest BCUT2D eigenvalue weighted by Crippen LogP contribution is 2.27. The van der Waals surface area contributed by atoms with Crippen LogP contribution in [0.25, 0.3) is 11.4 Å². The Morgan fingerprint density at radius 1 is 1.39 bits per heavy atom. The Morgan fingerprint density at radius 2 is 2.10 bits per heavy atom. The maximum absolute atomic E-state index is 12.6. The van der Waals surface area contributed by atoms with E-state index in [4.69, 9.17) is 25.7 Å². The Labute approximate surface area is 179 Å². The topological polar surface area (TPSA) is 184 Å². The number of nitriles is 1. The molecule has 11 nitrogen and oxygen atoms in total. The lowest BCUT2D eigenvalue weighted by Crippen LogP contribution is -2.35. The number of aromatic nitrogens is 2. The van der Waals surface area contributed by atoms with Gasteiger partial charge in [-0.05, 0) is 32.9 Å². The van der Waals surface area contributed by atoms with Gasteiger partial charge >= 0.3 is 0 Å². The molecule has 2 aromatic rings. The number of nitrogens with one attached hydrogen (secondary N) is 1. The van der Waals surface area contributed by atoms with E-state index in [0.29, 0.717) is 11.1 Å². The van der Waals surface area contributed by atoms with Gasteiger partial charge in [-0.25, -0.2) is 10.5 Å². The van der Waals surface area contributed by atoms with Gasteiger partial charge in [-0.2, -0.15) is 10.2 Å². The summed E-state index contributed by atoms with van der Waals surface area (Å²) in [5, 5.41) is 37.8. The lowest BCUT2D eigenvalue weighted by Gasteiger charge is -2.21. The van der Waals surface area contributed by atoms with Crippen LogP contribution in [0.4, 0.5) is 5.82 Å². The van der Waals surface area contributed by atoms with Crippen LogP contribution in [0.3, 0.4) is 0 Å². The Kier molecular flexibility index (Phi) is 7.84. The van der Waals surface area contributed by atoms with Crippen LogP contribution in [0.5, 0.6) is 5.88 Å². The molecule has 31 heavy (non-hydrogen) atoms. The van der Waals surface area contributed by atoms with Gasteiger partial charge in [-0.3, -0.25) is 9.63 Å². The summed E-state index contributed by atoms with van der Waals surface area (Å²) in [7, 11) is 0. The maximum atomic E-state index is 12.6. The van der Waals surface area contributed by atoms with Crippen molar-refractivity contribution in [1.82, 2.24) is 15.4 Å². The number of aliphatic hydroxyl groups is 3. The van der Waals surface area contributed by atoms with E-state index in [2.05, 4.69) is 15.4 Å². The van der Waals surface area contributed by atoms with Gasteiger partial charge < -0.3 is 25.8 Å². The molecule has 6 N–H and O–H groups in total. The van der Waals surface area contributed by atoms with E-state index >= 15 is 0 Å². The number of ether oxygens (including phenoxy) is 1. The molecule has 166 valence electrons. The summed E-state index contributed by atoms with van der Waals surface area (Å²) in [6.07, 6.45) is -2.19. The number of carbonyl (C=O) groups excluding carboxylic acids is 1. The van der Waals surface area contributed by atoms with Crippen LogP contribution < -0.4 is 16.0 Å². The third kappa shape index (κ3) is 6.59. The highest BCUT2D eigenvalue weighted by Gasteiger charge is 2.26. The summed E-state index contributed by atoms with van der Waals surface area (Å²) in [6.45, 7) is 3.69. The van der Waals surface area contributed by atoms with Gasteiger partial charge in [0.15, 0.2) is 5.82 Å². The molecule has 0 fully saturated rings. The molecule has 11 heteroatoms. The van der Waals surface area contributed by atoms with Crippen molar-refractivity contribution >= 4 is 11.7 Å². The minimum absolute atomic E-state index is 0.0873. The largest absolute Gasteiger partial charge is 0.471 e. The number of nitrogens with two attached hydrogens (primary N) is 1. The lowest BCUT2D eigenvalue weighted by molar-refractivity contribution is -0.0524. The van der Waals surface area contributed by atoms with Crippen LogP contribution in [0.2, 0.25) is 0 Å². The highest BCUT2D eigenvalue weighted by atomic mass is 16.7. The molecule has 0 saturated carbocycles. The van der Waals surface area contributed by atoms with Crippen LogP contribution in [0, 0.1) is 11.3 Å². The summed E-state index contributed by atoms with van der Waals surface area (Å²) < 4.78 is 5.59. The minimum Gasteiger partial charge on any atom is -0.471 e. The number of anilines is 1. The number of nitrogen functional groups attached to an aromatic ring is 1. The molecular weight excluding hydrogens is 406 g/mol. The molecule has 0 unspecified atom stereocenters. The first-order chi connectivity index (χ1) is 14.6. The molecule has 1 aromatic carbocycles. The number of benzene rings is 1. The van der Waals surface area contributed by atoms with E-state index < -0.39 is 30.3 Å². The lowest BCUT2D eigenvalue weighted by atomic mass is 10.1. The Hall–Kier alpha value is -3.30. The maximum Gasteiger partial charge on any atom is 0.284 e. The van der Waals surface area contributed by atoms with Crippen molar-refractivity contribution in [3.05, 3.63) is 35.4 Å². The summed E-state index contributed by atoms with van der Waals surface area (Å²) >= 11 is 0. The standard InChI is InChI=1S/C20H25N5O6/c1-11(14(27)9-26)31-19-15(18(28)25-30-10-20(2,3)29)16(22)23-17(24-19)13-6-4-5-12(7-13)8-21/h4-7,11,14,26-27,29H,9-10H2,1-3H3,(H,25,28)(H2,22,23,24)/t11-,14+/m1/s1. The first kappa shape index (κ1) is 24.0. The van der Waals surface area contributed by atoms with E-state index in [0.717, 1.165) is 0 Å². The normalized spacial score (nSPS) is 13.2. The zero-order valence-corrected chi connectivity index (χ0v) is 17.4. The predicted octanol–water partition coefficient (Wildman–Crippen LogP) is 0.150. The summed E-state index contributed by atoms with van der Waals surface area (Å²) in [4.78, 5) is 26.0. The molecule has 0 aliphatic heterocycles. The van der Waals surface area contributed by atoms with Crippen LogP contribution in [-0.4, -0.2) is 62.2 Å². The fraction of sp³-hybridized carbons (Fsp3) is 0.400. The molecule has 0 bridgehead atoms. The molecule has 0 saturated heterocycles. The van der Waals surface area contributed by atoms with Gasteiger partial charge in [-0.1, -0.05) is 12.1 Å². The van der Waals surface area contributed by atoms with Gasteiger partial charge in [0.05, 0.1) is 23.8 Å². The van der Waals surface area contributed by atoms with E-state index in [9.17, 15) is 15.0 Å². The van der Waals surface area contributed by atoms with E-state index in [1.807, 2.05) is 6.07 Å². The highest BCUT2D eigenvalue weighted by molar-refractivity contribution is 6.00. The number of aliphatic hydroxyl groups excluding tert-OH is 2. The number of rotatable bonds is 9. The second-order valence-electron chi connectivity index (χ2n) is 7.41. The van der Waals surface area contributed by atoms with Crippen molar-refractivity contribution in [2.45, 2.75) is 38.6 Å². The van der Waals surface area contributed by atoms with Crippen molar-refractivity contribution in [1.29, 1.82) is 5.26 Å². The molecule has 0 aliphatic rings. The fourth-order valence-electron chi connectivity index (χ4n) is 2.34. The Morgan fingerprint density at radius 3 is 2.71 bits per heavy atom. The quantitative estimate of drug-likeness (QED) is 0.342. The molecule has 0 radical (unpaired) electrons. The number of hydrogen-bond acceptors (Lipinski definition) is 10. The Balaban J connectivity index is 2.45. The second kappa shape index (κ2) is 10.1. The zero-order chi connectivity index (χ0) is 23.2. The molecule has 2 atom stereocenters. The SMILES string of the molecule is C[C@@H](Oc1nc(-c2cccc(C#N)c2)nc(N)c1C(=O)NOCC(C)(C)O)[C@@H](O)CO. The van der Waals surface area contributed by atoms with Gasteiger partial charge in [0.2, 0.25) is 5.88 Å². The molecule has 0 aliphatic carbocycles. The zero-order valence-electron chi connectivity index (χ0n) is 17.4. The van der Waals surface area contributed by atoms with E-state index in [-0.39, 0.29) is 29.7 Å². The van der Waals surface area contributed by atoms with E-state index in [1.54, 1.807) is 18.2 Å². The summed E-state index contributed by atoms with van der Waals surface area (Å²) in [5.74, 6) is -1.24. The smallest absolute Gasteiger partial charge is 0.284 e. The summed E-state index contributed by atoms with van der Waals surface area (Å²) in [6, 6.07) is 8.43. The molecule has 0 spiro atoms. The number of nitrogens with zero attached hydrogens (tertiary/aromatic N) is 3. The van der Waals surface area contributed by atoms with Crippen molar-refractivity contribution in [2.24, 2.45) is 0 Å². The molecule has 2 rings (SSSR count). The molecular formula is C20H25N5O6. The average Bonchev–Trinajstić information content (AvgIpc) is 2.71. The van der Waals surface area contributed by atoms with Crippen LogP contribution >= 0.6 is 0 Å².